The van der Waals surface area contributed by atoms with Crippen molar-refractivity contribution < 1.29 is 0 Å². The Bertz CT molecular complexity index is 977. The summed E-state index contributed by atoms with van der Waals surface area (Å²) in [7, 11) is -1.12. The van der Waals surface area contributed by atoms with Gasteiger partial charge in [0.05, 0.1) is 0 Å². The highest BCUT2D eigenvalue weighted by molar-refractivity contribution is 8.34. The molecule has 0 amide bonds. The maximum absolute atomic E-state index is 2.65. The number of rotatable bonds is 5. The highest BCUT2D eigenvalue weighted by Gasteiger charge is 2.54. The van der Waals surface area contributed by atoms with E-state index in [-0.39, 0.29) is 9.49 Å². The van der Waals surface area contributed by atoms with Crippen LogP contribution in [-0.2, 0) is 9.49 Å². The lowest BCUT2D eigenvalue weighted by molar-refractivity contribution is 0.768. The summed E-state index contributed by atoms with van der Waals surface area (Å²) >= 11 is 0. The van der Waals surface area contributed by atoms with E-state index < -0.39 is 10.0 Å². The lowest BCUT2D eigenvalue weighted by Crippen LogP contribution is -2.39. The van der Waals surface area contributed by atoms with E-state index in [0.29, 0.717) is 0 Å². The number of hydrogen-bond donors (Lipinski definition) is 0. The summed E-state index contributed by atoms with van der Waals surface area (Å²) < 4.78 is 0.163. The topological polar surface area (TPSA) is 0 Å². The van der Waals surface area contributed by atoms with Gasteiger partial charge < -0.3 is 0 Å². The van der Waals surface area contributed by atoms with Crippen LogP contribution in [0.4, 0.5) is 0 Å². The number of hydrogen-bond acceptors (Lipinski definition) is 0. The van der Waals surface area contributed by atoms with Crippen LogP contribution in [0.5, 0.6) is 0 Å². The summed E-state index contributed by atoms with van der Waals surface area (Å²) in [5, 5.41) is 0. The largest absolute Gasteiger partial charge is 0.221 e. The van der Waals surface area contributed by atoms with Crippen LogP contribution < -0.4 is 0 Å². The van der Waals surface area contributed by atoms with Gasteiger partial charge in [-0.15, -0.1) is 0 Å². The van der Waals surface area contributed by atoms with Crippen LogP contribution in [0, 0.1) is 0 Å². The van der Waals surface area contributed by atoms with Crippen LogP contribution in [0.25, 0.3) is 11.6 Å². The van der Waals surface area contributed by atoms with Crippen LogP contribution >= 0.6 is 10.0 Å². The molecule has 0 saturated carbocycles. The van der Waals surface area contributed by atoms with E-state index >= 15 is 0 Å². The third-order valence-corrected chi connectivity index (χ3v) is 12.8. The molecule has 0 bridgehead atoms. The molecule has 0 aromatic heterocycles. The molecule has 2 unspecified atom stereocenters. The Hall–Kier alpha value is -1.73. The van der Waals surface area contributed by atoms with Gasteiger partial charge in [-0.2, -0.15) is 0 Å². The highest BCUT2D eigenvalue weighted by Crippen LogP contribution is 2.76. The standard InChI is InChI=1S/C27H34S/c1-7-8-13-22-19-26(3,25-17-12-10-15-23(22)25)28(5,6)27(4)20(2)18-21-14-9-11-16-24(21)27/h9-12,14-19H,7-8,13H2,1-6H3. The molecule has 2 atom stereocenters. The molecule has 0 radical (unpaired) electrons. The number of unbranched alkanes of at least 4 members (excludes halogenated alkanes) is 1. The first-order chi connectivity index (χ1) is 13.3. The number of allylic oxidation sites excluding steroid dienone is 1. The van der Waals surface area contributed by atoms with E-state index in [2.05, 4.69) is 101 Å². The molecule has 0 spiro atoms. The third kappa shape index (κ3) is 2.45. The molecule has 4 rings (SSSR count). The van der Waals surface area contributed by atoms with E-state index in [0.717, 1.165) is 0 Å². The molecule has 1 heteroatoms. The van der Waals surface area contributed by atoms with Crippen molar-refractivity contribution in [3.8, 4) is 0 Å². The second-order valence-electron chi connectivity index (χ2n) is 9.20. The summed E-state index contributed by atoms with van der Waals surface area (Å²) in [4.78, 5) is 0. The minimum absolute atomic E-state index is 0.0774. The van der Waals surface area contributed by atoms with Crippen LogP contribution in [0.15, 0.2) is 60.2 Å². The molecular formula is C27H34S. The van der Waals surface area contributed by atoms with Gasteiger partial charge in [-0.1, -0.05) is 79.6 Å². The van der Waals surface area contributed by atoms with E-state index in [9.17, 15) is 0 Å². The van der Waals surface area contributed by atoms with Gasteiger partial charge in [0.2, 0.25) is 0 Å². The van der Waals surface area contributed by atoms with Gasteiger partial charge in [0, 0.05) is 9.49 Å². The lowest BCUT2D eigenvalue weighted by Gasteiger charge is -2.58. The number of benzene rings is 2. The zero-order valence-electron chi connectivity index (χ0n) is 18.3. The van der Waals surface area contributed by atoms with E-state index in [4.69, 9.17) is 0 Å². The molecule has 2 aliphatic rings. The summed E-state index contributed by atoms with van der Waals surface area (Å²) in [6.07, 6.45) is 13.9. The zero-order chi connectivity index (χ0) is 20.2. The van der Waals surface area contributed by atoms with Crippen molar-refractivity contribution in [1.29, 1.82) is 0 Å². The average Bonchev–Trinajstić information content (AvgIpc) is 3.14. The zero-order valence-corrected chi connectivity index (χ0v) is 19.1. The van der Waals surface area contributed by atoms with Crippen molar-refractivity contribution in [2.75, 3.05) is 12.5 Å². The van der Waals surface area contributed by atoms with Gasteiger partial charge in [-0.05, 0) is 74.0 Å². The van der Waals surface area contributed by atoms with Crippen LogP contribution in [0.2, 0.25) is 0 Å². The van der Waals surface area contributed by atoms with Crippen molar-refractivity contribution in [2.24, 2.45) is 0 Å². The van der Waals surface area contributed by atoms with Crippen molar-refractivity contribution in [3.05, 3.63) is 82.4 Å². The van der Waals surface area contributed by atoms with Crippen LogP contribution in [-0.4, -0.2) is 12.5 Å². The second kappa shape index (κ2) is 6.66. The summed E-state index contributed by atoms with van der Waals surface area (Å²) in [6.45, 7) is 9.66. The van der Waals surface area contributed by atoms with Gasteiger partial charge in [0.15, 0.2) is 0 Å². The van der Waals surface area contributed by atoms with Gasteiger partial charge in [-0.25, -0.2) is 10.0 Å². The van der Waals surface area contributed by atoms with Crippen molar-refractivity contribution in [2.45, 2.75) is 56.5 Å². The van der Waals surface area contributed by atoms with Crippen molar-refractivity contribution in [1.82, 2.24) is 0 Å². The fourth-order valence-corrected chi connectivity index (χ4v) is 9.03. The Morgan fingerprint density at radius 1 is 0.893 bits per heavy atom. The van der Waals surface area contributed by atoms with Gasteiger partial charge >= 0.3 is 0 Å². The predicted molar refractivity (Wildman–Crippen MR) is 128 cm³/mol. The van der Waals surface area contributed by atoms with Crippen molar-refractivity contribution in [3.63, 3.8) is 0 Å². The third-order valence-electron chi connectivity index (χ3n) is 7.74. The Labute approximate surface area is 173 Å². The van der Waals surface area contributed by atoms with Gasteiger partial charge in [0.25, 0.3) is 0 Å². The first-order valence-corrected chi connectivity index (χ1v) is 13.0. The Balaban J connectivity index is 1.90. The molecule has 0 aliphatic heterocycles. The monoisotopic (exact) mass is 390 g/mol. The SMILES string of the molecule is CCCCC1=CC(C)(S(C)(C)C2(C)C(C)=Cc3ccccc32)c2ccccc21. The molecule has 0 fully saturated rings. The minimum Gasteiger partial charge on any atom is -0.221 e. The quantitative estimate of drug-likeness (QED) is 0.487. The van der Waals surface area contributed by atoms with Crippen LogP contribution in [0.3, 0.4) is 0 Å². The lowest BCUT2D eigenvalue weighted by atomic mass is 9.97. The molecular weight excluding hydrogens is 356 g/mol. The molecule has 2 aromatic carbocycles. The molecule has 148 valence electrons. The number of fused-ring (bicyclic) bond motifs is 2. The molecule has 2 aliphatic carbocycles. The first-order valence-electron chi connectivity index (χ1n) is 10.6. The van der Waals surface area contributed by atoms with E-state index in [1.807, 2.05) is 0 Å². The van der Waals surface area contributed by atoms with Crippen molar-refractivity contribution >= 4 is 21.7 Å². The summed E-state index contributed by atoms with van der Waals surface area (Å²) in [5.41, 5.74) is 9.05. The molecule has 28 heavy (non-hydrogen) atoms. The van der Waals surface area contributed by atoms with Crippen LogP contribution in [0.1, 0.15) is 69.2 Å². The maximum atomic E-state index is 2.65. The summed E-state index contributed by atoms with van der Waals surface area (Å²) in [6, 6.07) is 18.2. The first kappa shape index (κ1) is 19.6. The van der Waals surface area contributed by atoms with Gasteiger partial charge in [0.1, 0.15) is 0 Å². The summed E-state index contributed by atoms with van der Waals surface area (Å²) in [5.74, 6) is 0. The fraction of sp³-hybridized carbons (Fsp3) is 0.407. The van der Waals surface area contributed by atoms with Gasteiger partial charge in [-0.3, -0.25) is 0 Å². The Kier molecular flexibility index (Phi) is 4.66. The predicted octanol–water partition coefficient (Wildman–Crippen LogP) is 7.89. The normalized spacial score (nSPS) is 26.5. The fourth-order valence-electron chi connectivity index (χ4n) is 5.42. The minimum atomic E-state index is -1.12. The smallest absolute Gasteiger partial charge is 0.0447 e. The Morgan fingerprint density at radius 3 is 2.25 bits per heavy atom. The highest BCUT2D eigenvalue weighted by atomic mass is 32.3. The average molecular weight is 391 g/mol. The van der Waals surface area contributed by atoms with E-state index in [1.54, 1.807) is 11.1 Å². The molecule has 0 saturated heterocycles. The molecule has 2 aromatic rings. The molecule has 0 heterocycles. The van der Waals surface area contributed by atoms with E-state index in [1.165, 1.54) is 41.5 Å². The maximum Gasteiger partial charge on any atom is 0.0447 e. The second-order valence-corrected chi connectivity index (χ2v) is 13.5. The molecule has 0 N–H and O–H groups in total. The molecule has 0 nitrogen and oxygen atoms in total. The Morgan fingerprint density at radius 2 is 1.54 bits per heavy atom.